The molecule has 5 nitrogen and oxygen atoms in total. The molecule has 0 bridgehead atoms. The summed E-state index contributed by atoms with van der Waals surface area (Å²) in [7, 11) is 3.24. The average molecular weight is 534 g/mol. The van der Waals surface area contributed by atoms with Crippen molar-refractivity contribution in [2.24, 2.45) is 5.10 Å². The Morgan fingerprint density at radius 3 is 2.47 bits per heavy atom. The topological polar surface area (TPSA) is 43.3 Å². The lowest BCUT2D eigenvalue weighted by molar-refractivity contribution is -0.0189. The molecule has 0 saturated heterocycles. The molecule has 164 valence electrons. The van der Waals surface area contributed by atoms with Crippen molar-refractivity contribution in [3.05, 3.63) is 85.8 Å². The summed E-state index contributed by atoms with van der Waals surface area (Å²) in [5.74, 6) is 1.98. The van der Waals surface area contributed by atoms with Crippen molar-refractivity contribution < 1.29 is 14.2 Å². The molecule has 0 saturated carbocycles. The zero-order valence-corrected chi connectivity index (χ0v) is 20.4. The van der Waals surface area contributed by atoms with Crippen LogP contribution >= 0.6 is 39.1 Å². The van der Waals surface area contributed by atoms with E-state index in [4.69, 9.17) is 42.5 Å². The third-order valence-corrected chi connectivity index (χ3v) is 6.71. The Labute approximate surface area is 204 Å². The number of hydrogen-bond donors (Lipinski definition) is 0. The van der Waals surface area contributed by atoms with Crippen molar-refractivity contribution in [1.29, 1.82) is 0 Å². The number of benzene rings is 3. The van der Waals surface area contributed by atoms with Crippen LogP contribution in [0.5, 0.6) is 17.2 Å². The number of fused-ring (bicyclic) bond motifs is 3. The van der Waals surface area contributed by atoms with E-state index in [1.54, 1.807) is 20.3 Å². The van der Waals surface area contributed by atoms with Crippen LogP contribution in [0.2, 0.25) is 10.0 Å². The van der Waals surface area contributed by atoms with E-state index < -0.39 is 6.23 Å². The number of nitrogens with zero attached hydrogens (tertiary/aromatic N) is 2. The highest BCUT2D eigenvalue weighted by Gasteiger charge is 2.42. The van der Waals surface area contributed by atoms with E-state index >= 15 is 0 Å². The Balaban J connectivity index is 1.61. The van der Waals surface area contributed by atoms with Gasteiger partial charge in [0, 0.05) is 32.6 Å². The van der Waals surface area contributed by atoms with Crippen LogP contribution in [-0.2, 0) is 0 Å². The molecule has 32 heavy (non-hydrogen) atoms. The van der Waals surface area contributed by atoms with E-state index in [0.29, 0.717) is 33.7 Å². The molecule has 5 rings (SSSR count). The SMILES string of the molecule is COc1ccc(C2=NN3[C@@H](c4ccc(Br)cc4)Oc4c(Cl)cc(Cl)cc4[C@@H]3C2)cc1OC. The van der Waals surface area contributed by atoms with Gasteiger partial charge in [-0.3, -0.25) is 0 Å². The molecule has 2 heterocycles. The van der Waals surface area contributed by atoms with Crippen LogP contribution in [0.1, 0.15) is 35.4 Å². The van der Waals surface area contributed by atoms with Crippen LogP contribution in [0.3, 0.4) is 0 Å². The molecule has 2 aliphatic rings. The third kappa shape index (κ3) is 3.70. The predicted molar refractivity (Wildman–Crippen MR) is 129 cm³/mol. The minimum atomic E-state index is -0.420. The average Bonchev–Trinajstić information content (AvgIpc) is 3.25. The van der Waals surface area contributed by atoms with Crippen LogP contribution in [0.15, 0.2) is 64.2 Å². The molecule has 0 amide bonds. The van der Waals surface area contributed by atoms with Gasteiger partial charge in [0.25, 0.3) is 0 Å². The highest BCUT2D eigenvalue weighted by Crippen LogP contribution is 2.51. The standard InChI is InChI=1S/C24H19BrCl2N2O3/c1-30-21-8-5-14(9-22(21)31-2)19-12-20-17-10-16(26)11-18(27)23(17)32-24(29(20)28-19)13-3-6-15(25)7-4-13/h3-11,20,24H,12H2,1-2H3/t20-,24+/m0/s1. The maximum Gasteiger partial charge on any atom is 0.213 e. The molecule has 0 unspecified atom stereocenters. The molecule has 0 N–H and O–H groups in total. The van der Waals surface area contributed by atoms with Crippen LogP contribution in [-0.4, -0.2) is 24.9 Å². The fourth-order valence-electron chi connectivity index (χ4n) is 4.15. The van der Waals surface area contributed by atoms with Crippen molar-refractivity contribution in [1.82, 2.24) is 5.01 Å². The summed E-state index contributed by atoms with van der Waals surface area (Å²) in [6.45, 7) is 0. The quantitative estimate of drug-likeness (QED) is 0.361. The van der Waals surface area contributed by atoms with Crippen molar-refractivity contribution in [2.75, 3.05) is 14.2 Å². The fraction of sp³-hybridized carbons (Fsp3) is 0.208. The van der Waals surface area contributed by atoms with Gasteiger partial charge >= 0.3 is 0 Å². The maximum atomic E-state index is 6.54. The fourth-order valence-corrected chi connectivity index (χ4v) is 4.97. The van der Waals surface area contributed by atoms with Gasteiger partial charge in [0.2, 0.25) is 6.23 Å². The number of hydrazone groups is 1. The number of halogens is 3. The van der Waals surface area contributed by atoms with Gasteiger partial charge in [0.1, 0.15) is 5.75 Å². The van der Waals surface area contributed by atoms with Crippen molar-refractivity contribution >= 4 is 44.8 Å². The summed E-state index contributed by atoms with van der Waals surface area (Å²) < 4.78 is 18.3. The summed E-state index contributed by atoms with van der Waals surface area (Å²) in [6.07, 6.45) is 0.257. The minimum absolute atomic E-state index is 0.0632. The number of ether oxygens (including phenoxy) is 3. The summed E-state index contributed by atoms with van der Waals surface area (Å²) >= 11 is 16.4. The zero-order valence-electron chi connectivity index (χ0n) is 17.3. The van der Waals surface area contributed by atoms with Crippen molar-refractivity contribution in [3.63, 3.8) is 0 Å². The summed E-state index contributed by atoms with van der Waals surface area (Å²) in [6, 6.07) is 17.4. The smallest absolute Gasteiger partial charge is 0.213 e. The predicted octanol–water partition coefficient (Wildman–Crippen LogP) is 7.02. The van der Waals surface area contributed by atoms with Crippen LogP contribution in [0.4, 0.5) is 0 Å². The van der Waals surface area contributed by atoms with E-state index in [9.17, 15) is 0 Å². The lowest BCUT2D eigenvalue weighted by atomic mass is 9.95. The highest BCUT2D eigenvalue weighted by molar-refractivity contribution is 9.10. The second kappa shape index (κ2) is 8.50. The summed E-state index contributed by atoms with van der Waals surface area (Å²) in [4.78, 5) is 0. The minimum Gasteiger partial charge on any atom is -0.493 e. The van der Waals surface area contributed by atoms with Gasteiger partial charge in [-0.2, -0.15) is 5.10 Å². The second-order valence-electron chi connectivity index (χ2n) is 7.54. The molecule has 3 aromatic carbocycles. The summed E-state index contributed by atoms with van der Waals surface area (Å²) in [5.41, 5.74) is 3.79. The molecule has 3 aromatic rings. The van der Waals surface area contributed by atoms with Gasteiger partial charge < -0.3 is 14.2 Å². The maximum absolute atomic E-state index is 6.54. The van der Waals surface area contributed by atoms with Gasteiger partial charge in [-0.25, -0.2) is 5.01 Å². The van der Waals surface area contributed by atoms with E-state index in [1.165, 1.54) is 0 Å². The molecule has 2 aliphatic heterocycles. The first-order valence-corrected chi connectivity index (χ1v) is 11.5. The van der Waals surface area contributed by atoms with Gasteiger partial charge in [-0.15, -0.1) is 0 Å². The molecule has 0 fully saturated rings. The largest absolute Gasteiger partial charge is 0.493 e. The van der Waals surface area contributed by atoms with Gasteiger partial charge in [0.15, 0.2) is 11.5 Å². The lowest BCUT2D eigenvalue weighted by Crippen LogP contribution is -2.33. The summed E-state index contributed by atoms with van der Waals surface area (Å²) in [5, 5.41) is 8.03. The van der Waals surface area contributed by atoms with Gasteiger partial charge in [0.05, 0.1) is 31.0 Å². The third-order valence-electron chi connectivity index (χ3n) is 5.68. The molecular formula is C24H19BrCl2N2O3. The first kappa shape index (κ1) is 21.4. The molecule has 0 radical (unpaired) electrons. The van der Waals surface area contributed by atoms with E-state index in [1.807, 2.05) is 53.5 Å². The Hall–Kier alpha value is -2.41. The van der Waals surface area contributed by atoms with Gasteiger partial charge in [-0.1, -0.05) is 51.3 Å². The molecule has 0 spiro atoms. The van der Waals surface area contributed by atoms with Crippen LogP contribution in [0.25, 0.3) is 0 Å². The Morgan fingerprint density at radius 1 is 1.00 bits per heavy atom. The monoisotopic (exact) mass is 532 g/mol. The highest BCUT2D eigenvalue weighted by atomic mass is 79.9. The van der Waals surface area contributed by atoms with E-state index in [-0.39, 0.29) is 6.04 Å². The Kier molecular flexibility index (Phi) is 5.70. The van der Waals surface area contributed by atoms with Crippen LogP contribution < -0.4 is 14.2 Å². The van der Waals surface area contributed by atoms with Crippen molar-refractivity contribution in [3.8, 4) is 17.2 Å². The number of methoxy groups -OCH3 is 2. The molecule has 0 aromatic heterocycles. The van der Waals surface area contributed by atoms with E-state index in [2.05, 4.69) is 15.9 Å². The zero-order chi connectivity index (χ0) is 22.4. The molecular weight excluding hydrogens is 515 g/mol. The van der Waals surface area contributed by atoms with Gasteiger partial charge in [-0.05, 0) is 42.5 Å². The second-order valence-corrected chi connectivity index (χ2v) is 9.30. The number of hydrogen-bond acceptors (Lipinski definition) is 5. The molecule has 2 atom stereocenters. The lowest BCUT2D eigenvalue weighted by Gasteiger charge is -2.38. The Morgan fingerprint density at radius 2 is 1.75 bits per heavy atom. The van der Waals surface area contributed by atoms with Crippen LogP contribution in [0, 0.1) is 0 Å². The Bertz CT molecular complexity index is 1220. The number of rotatable bonds is 4. The first-order chi connectivity index (χ1) is 15.5. The van der Waals surface area contributed by atoms with E-state index in [0.717, 1.165) is 26.9 Å². The normalized spacial score (nSPS) is 19.0. The molecule has 8 heteroatoms. The molecule has 0 aliphatic carbocycles. The van der Waals surface area contributed by atoms with Crippen molar-refractivity contribution in [2.45, 2.75) is 18.7 Å². The first-order valence-electron chi connectivity index (χ1n) is 9.97.